The minimum absolute atomic E-state index is 0.179. The molecule has 44 heavy (non-hydrogen) atoms. The first kappa shape index (κ1) is 32.4. The number of ether oxygens (including phenoxy) is 2. The van der Waals surface area contributed by atoms with Crippen molar-refractivity contribution < 1.29 is 14.3 Å². The second-order valence-corrected chi connectivity index (χ2v) is 13.7. The van der Waals surface area contributed by atoms with Crippen LogP contribution in [0.3, 0.4) is 0 Å². The molecule has 2 atom stereocenters. The van der Waals surface area contributed by atoms with Gasteiger partial charge in [0, 0.05) is 37.1 Å². The van der Waals surface area contributed by atoms with E-state index in [1.807, 2.05) is 49.4 Å². The molecule has 1 aliphatic carbocycles. The molecule has 0 aliphatic heterocycles. The van der Waals surface area contributed by atoms with Gasteiger partial charge in [-0.2, -0.15) is 0 Å². The Bertz CT molecular complexity index is 1500. The molecule has 0 spiro atoms. The molecule has 1 aliphatic rings. The van der Waals surface area contributed by atoms with E-state index < -0.39 is 9.89 Å². The number of aromatic nitrogens is 1. The third-order valence-electron chi connectivity index (χ3n) is 8.08. The van der Waals surface area contributed by atoms with Crippen LogP contribution in [-0.4, -0.2) is 52.1 Å². The number of anilines is 1. The van der Waals surface area contributed by atoms with Crippen LogP contribution in [0, 0.1) is 5.92 Å². The van der Waals surface area contributed by atoms with Gasteiger partial charge >= 0.3 is 6.09 Å². The van der Waals surface area contributed by atoms with E-state index in [2.05, 4.69) is 53.4 Å². The Morgan fingerprint density at radius 2 is 1.61 bits per heavy atom. The van der Waals surface area contributed by atoms with Crippen LogP contribution in [-0.2, 0) is 17.7 Å². The van der Waals surface area contributed by atoms with Gasteiger partial charge in [-0.25, -0.2) is 9.78 Å². The molecule has 0 radical (unpaired) electrons. The number of carbonyl (C=O) groups is 1. The molecular formula is C35H38Cl3N3O3. The highest BCUT2D eigenvalue weighted by atomic mass is 35.6. The Balaban J connectivity index is 1.45. The minimum Gasteiger partial charge on any atom is -0.493 e. The molecule has 1 amide bonds. The second-order valence-electron chi connectivity index (χ2n) is 11.2. The zero-order valence-electron chi connectivity index (χ0n) is 24.9. The predicted molar refractivity (Wildman–Crippen MR) is 180 cm³/mol. The van der Waals surface area contributed by atoms with Crippen molar-refractivity contribution >= 4 is 57.6 Å². The van der Waals surface area contributed by atoms with E-state index in [9.17, 15) is 4.79 Å². The molecule has 3 aromatic carbocycles. The molecule has 1 heterocycles. The van der Waals surface area contributed by atoms with E-state index in [0.717, 1.165) is 49.7 Å². The number of hydrogen-bond donors (Lipinski definition) is 0. The first-order valence-electron chi connectivity index (χ1n) is 15.2. The van der Waals surface area contributed by atoms with Gasteiger partial charge in [-0.05, 0) is 55.4 Å². The third kappa shape index (κ3) is 8.79. The topological polar surface area (TPSA) is 54.9 Å². The average Bonchev–Trinajstić information content (AvgIpc) is 3.49. The molecule has 0 bridgehead atoms. The van der Waals surface area contributed by atoms with E-state index in [4.69, 9.17) is 49.3 Å². The number of nitrogens with zero attached hydrogens (tertiary/aromatic N) is 3. The summed E-state index contributed by atoms with van der Waals surface area (Å²) in [7, 11) is 0. The maximum atomic E-state index is 13.7. The van der Waals surface area contributed by atoms with E-state index in [0.29, 0.717) is 24.7 Å². The number of halogens is 3. The van der Waals surface area contributed by atoms with Crippen molar-refractivity contribution in [2.24, 2.45) is 5.92 Å². The number of alkyl halides is 3. The van der Waals surface area contributed by atoms with Crippen LogP contribution in [0.25, 0.3) is 10.9 Å². The van der Waals surface area contributed by atoms with Gasteiger partial charge in [-0.1, -0.05) is 114 Å². The fraction of sp³-hybridized carbons (Fsp3) is 0.371. The largest absolute Gasteiger partial charge is 0.493 e. The number of fused-ring (bicyclic) bond motifs is 1. The molecule has 232 valence electrons. The van der Waals surface area contributed by atoms with Crippen molar-refractivity contribution in [1.82, 2.24) is 9.88 Å². The SMILES string of the molecule is CCOc1cc(N(CC2CCC[C@H]2N(CCc2ccccc2)Cc2ccccc2)C(=O)OCC(Cl)(Cl)Cl)nc2ccccc12. The van der Waals surface area contributed by atoms with E-state index >= 15 is 0 Å². The summed E-state index contributed by atoms with van der Waals surface area (Å²) in [6.07, 6.45) is 3.42. The van der Waals surface area contributed by atoms with Crippen LogP contribution < -0.4 is 9.64 Å². The predicted octanol–water partition coefficient (Wildman–Crippen LogP) is 8.86. The summed E-state index contributed by atoms with van der Waals surface area (Å²) >= 11 is 17.9. The fourth-order valence-electron chi connectivity index (χ4n) is 6.07. The normalized spacial score (nSPS) is 16.8. The molecule has 6 nitrogen and oxygen atoms in total. The number of para-hydroxylation sites is 1. The van der Waals surface area contributed by atoms with Crippen molar-refractivity contribution in [2.75, 3.05) is 31.2 Å². The van der Waals surface area contributed by atoms with Crippen molar-refractivity contribution in [2.45, 2.75) is 49.0 Å². The summed E-state index contributed by atoms with van der Waals surface area (Å²) in [4.78, 5) is 22.7. The Morgan fingerprint density at radius 1 is 0.932 bits per heavy atom. The standard InChI is InChI=1S/C35H38Cl3N3O3/c1-2-43-32-22-33(39-30-18-10-9-17-29(30)32)41(34(42)44-25-35(36,37)38)24-28-16-11-19-31(28)40(23-27-14-7-4-8-15-27)21-20-26-12-5-3-6-13-26/h3-10,12-15,17-18,22,28,31H,2,11,16,19-21,23-25H2,1H3/t28?,31-/m1/s1. The number of benzene rings is 3. The lowest BCUT2D eigenvalue weighted by Crippen LogP contribution is -2.45. The highest BCUT2D eigenvalue weighted by molar-refractivity contribution is 6.67. The number of rotatable bonds is 12. The number of pyridine rings is 1. The zero-order chi connectivity index (χ0) is 30.9. The third-order valence-corrected chi connectivity index (χ3v) is 8.41. The minimum atomic E-state index is -1.73. The monoisotopic (exact) mass is 653 g/mol. The van der Waals surface area contributed by atoms with Crippen LogP contribution in [0.1, 0.15) is 37.3 Å². The molecular weight excluding hydrogens is 617 g/mol. The molecule has 0 N–H and O–H groups in total. The summed E-state index contributed by atoms with van der Waals surface area (Å²) < 4.78 is 9.79. The highest BCUT2D eigenvalue weighted by Crippen LogP contribution is 2.35. The summed E-state index contributed by atoms with van der Waals surface area (Å²) in [5.41, 5.74) is 3.30. The first-order chi connectivity index (χ1) is 21.3. The van der Waals surface area contributed by atoms with Gasteiger partial charge < -0.3 is 9.47 Å². The Hall–Kier alpha value is -3.03. The Labute approximate surface area is 274 Å². The maximum Gasteiger partial charge on any atom is 0.415 e. The van der Waals surface area contributed by atoms with Crippen molar-refractivity contribution in [3.05, 3.63) is 102 Å². The second kappa shape index (κ2) is 15.3. The van der Waals surface area contributed by atoms with Gasteiger partial charge in [-0.3, -0.25) is 9.80 Å². The van der Waals surface area contributed by atoms with Gasteiger partial charge in [0.2, 0.25) is 3.79 Å². The Kier molecular flexibility index (Phi) is 11.3. The van der Waals surface area contributed by atoms with E-state index in [1.165, 1.54) is 11.1 Å². The fourth-order valence-corrected chi connectivity index (χ4v) is 6.23. The molecule has 1 fully saturated rings. The van der Waals surface area contributed by atoms with Gasteiger partial charge in [0.1, 0.15) is 18.2 Å². The quantitative estimate of drug-likeness (QED) is 0.143. The molecule has 9 heteroatoms. The number of hydrogen-bond acceptors (Lipinski definition) is 5. The van der Waals surface area contributed by atoms with E-state index in [-0.39, 0.29) is 18.6 Å². The molecule has 1 unspecified atom stereocenters. The molecule has 1 saturated carbocycles. The molecule has 5 rings (SSSR count). The lowest BCUT2D eigenvalue weighted by atomic mass is 9.99. The summed E-state index contributed by atoms with van der Waals surface area (Å²) in [5.74, 6) is 1.29. The summed E-state index contributed by atoms with van der Waals surface area (Å²) in [6, 6.07) is 30.9. The average molecular weight is 655 g/mol. The van der Waals surface area contributed by atoms with Crippen molar-refractivity contribution in [1.29, 1.82) is 0 Å². The van der Waals surface area contributed by atoms with E-state index in [1.54, 1.807) is 4.90 Å². The molecule has 4 aromatic rings. The highest BCUT2D eigenvalue weighted by Gasteiger charge is 2.36. The Morgan fingerprint density at radius 3 is 2.32 bits per heavy atom. The summed E-state index contributed by atoms with van der Waals surface area (Å²) in [5, 5.41) is 0.876. The number of amides is 1. The lowest BCUT2D eigenvalue weighted by Gasteiger charge is -2.35. The number of carbonyl (C=O) groups excluding carboxylic acids is 1. The molecule has 1 aromatic heterocycles. The van der Waals surface area contributed by atoms with Crippen molar-refractivity contribution in [3.63, 3.8) is 0 Å². The lowest BCUT2D eigenvalue weighted by molar-refractivity contribution is 0.141. The van der Waals surface area contributed by atoms with Gasteiger partial charge in [0.15, 0.2) is 0 Å². The first-order valence-corrected chi connectivity index (χ1v) is 16.3. The maximum absolute atomic E-state index is 13.7. The van der Waals surface area contributed by atoms with Gasteiger partial charge in [0.05, 0.1) is 12.1 Å². The van der Waals surface area contributed by atoms with Crippen LogP contribution in [0.2, 0.25) is 0 Å². The van der Waals surface area contributed by atoms with Crippen molar-refractivity contribution in [3.8, 4) is 5.75 Å². The van der Waals surface area contributed by atoms with Crippen LogP contribution >= 0.6 is 34.8 Å². The zero-order valence-corrected chi connectivity index (χ0v) is 27.1. The van der Waals surface area contributed by atoms with Gasteiger partial charge in [0.25, 0.3) is 0 Å². The van der Waals surface area contributed by atoms with Crippen LogP contribution in [0.15, 0.2) is 91.0 Å². The smallest absolute Gasteiger partial charge is 0.415 e. The van der Waals surface area contributed by atoms with Crippen LogP contribution in [0.5, 0.6) is 5.75 Å². The summed E-state index contributed by atoms with van der Waals surface area (Å²) in [6.45, 7) is 4.18. The molecule has 0 saturated heterocycles. The van der Waals surface area contributed by atoms with Crippen LogP contribution in [0.4, 0.5) is 10.6 Å². The van der Waals surface area contributed by atoms with Gasteiger partial charge in [-0.15, -0.1) is 0 Å².